The molecular formula is C28H31F2N7O3. The number of imidazole rings is 1. The smallest absolute Gasteiger partial charge is 0.251 e. The minimum atomic E-state index is -1.08. The van der Waals surface area contributed by atoms with Crippen molar-refractivity contribution in [3.8, 4) is 17.0 Å². The fourth-order valence-electron chi connectivity index (χ4n) is 4.24. The van der Waals surface area contributed by atoms with E-state index in [1.807, 2.05) is 13.0 Å². The lowest BCUT2D eigenvalue weighted by atomic mass is 10.0. The molecule has 0 spiro atoms. The van der Waals surface area contributed by atoms with Crippen LogP contribution in [0.15, 0.2) is 48.9 Å². The molecule has 0 saturated carbocycles. The van der Waals surface area contributed by atoms with Crippen molar-refractivity contribution >= 4 is 29.0 Å². The number of ether oxygens (including phenoxy) is 1. The number of hydrogen-bond acceptors (Lipinski definition) is 7. The summed E-state index contributed by atoms with van der Waals surface area (Å²) in [5.41, 5.74) is 8.18. The molecule has 2 amide bonds. The third-order valence-electron chi connectivity index (χ3n) is 6.30. The maximum Gasteiger partial charge on any atom is 0.251 e. The Morgan fingerprint density at radius 2 is 1.88 bits per heavy atom. The Morgan fingerprint density at radius 3 is 2.62 bits per heavy atom. The molecule has 2 heterocycles. The Hall–Kier alpha value is -4.58. The maximum absolute atomic E-state index is 14.8. The Balaban J connectivity index is 1.49. The van der Waals surface area contributed by atoms with Crippen LogP contribution in [-0.4, -0.2) is 52.9 Å². The van der Waals surface area contributed by atoms with Crippen molar-refractivity contribution in [3.05, 3.63) is 71.7 Å². The topological polar surface area (TPSA) is 136 Å². The van der Waals surface area contributed by atoms with Gasteiger partial charge in [-0.3, -0.25) is 14.0 Å². The molecule has 0 aliphatic heterocycles. The average molecular weight is 552 g/mol. The highest BCUT2D eigenvalue weighted by atomic mass is 19.2. The summed E-state index contributed by atoms with van der Waals surface area (Å²) in [6.45, 7) is 3.01. The number of carbonyl (C=O) groups excluding carboxylic acids is 2. The Morgan fingerprint density at radius 1 is 1.07 bits per heavy atom. The number of carbonyl (C=O) groups is 2. The number of rotatable bonds is 12. The van der Waals surface area contributed by atoms with Crippen LogP contribution in [0.2, 0.25) is 0 Å². The Kier molecular flexibility index (Phi) is 9.23. The molecule has 0 aliphatic carbocycles. The molecule has 0 unspecified atom stereocenters. The normalized spacial score (nSPS) is 10.9. The van der Waals surface area contributed by atoms with Gasteiger partial charge < -0.3 is 26.4 Å². The Labute approximate surface area is 230 Å². The number of nitrogens with two attached hydrogens (primary N) is 1. The quantitative estimate of drug-likeness (QED) is 0.198. The number of benzene rings is 2. The van der Waals surface area contributed by atoms with Crippen LogP contribution in [0.5, 0.6) is 5.75 Å². The van der Waals surface area contributed by atoms with Crippen LogP contribution < -0.4 is 26.4 Å². The molecule has 0 fully saturated rings. The summed E-state index contributed by atoms with van der Waals surface area (Å²) in [5.74, 6) is -2.25. The van der Waals surface area contributed by atoms with Gasteiger partial charge in [-0.1, -0.05) is 6.92 Å². The van der Waals surface area contributed by atoms with E-state index in [4.69, 9.17) is 10.5 Å². The zero-order chi connectivity index (χ0) is 28.6. The zero-order valence-corrected chi connectivity index (χ0v) is 22.3. The molecule has 0 atom stereocenters. The number of amides is 2. The van der Waals surface area contributed by atoms with Gasteiger partial charge in [0.2, 0.25) is 11.7 Å². The highest BCUT2D eigenvalue weighted by molar-refractivity contribution is 5.96. The molecule has 2 aromatic heterocycles. The average Bonchev–Trinajstić information content (AvgIpc) is 3.40. The van der Waals surface area contributed by atoms with Crippen molar-refractivity contribution in [1.82, 2.24) is 25.0 Å². The number of nitrogens with zero attached hydrogens (tertiary/aromatic N) is 3. The fourth-order valence-corrected chi connectivity index (χ4v) is 4.24. The molecule has 0 aliphatic rings. The first-order chi connectivity index (χ1) is 19.4. The summed E-state index contributed by atoms with van der Waals surface area (Å²) in [6.07, 6.45) is 6.15. The molecule has 10 nitrogen and oxygen atoms in total. The highest BCUT2D eigenvalue weighted by Gasteiger charge is 2.19. The van der Waals surface area contributed by atoms with E-state index in [0.29, 0.717) is 67.3 Å². The van der Waals surface area contributed by atoms with Gasteiger partial charge in [0.05, 0.1) is 19.0 Å². The van der Waals surface area contributed by atoms with Crippen LogP contribution in [-0.2, 0) is 11.2 Å². The number of halogens is 2. The van der Waals surface area contributed by atoms with Gasteiger partial charge in [0.1, 0.15) is 0 Å². The van der Waals surface area contributed by atoms with Gasteiger partial charge in [0.25, 0.3) is 5.91 Å². The summed E-state index contributed by atoms with van der Waals surface area (Å²) >= 11 is 0. The number of fused-ring (bicyclic) bond motifs is 1. The van der Waals surface area contributed by atoms with E-state index in [9.17, 15) is 18.4 Å². The second-order valence-electron chi connectivity index (χ2n) is 8.90. The number of aryl methyl sites for hydroxylation is 1. The van der Waals surface area contributed by atoms with Gasteiger partial charge >= 0.3 is 0 Å². The van der Waals surface area contributed by atoms with Crippen LogP contribution in [0.4, 0.5) is 20.3 Å². The summed E-state index contributed by atoms with van der Waals surface area (Å²) in [4.78, 5) is 33.2. The molecule has 4 aromatic rings. The van der Waals surface area contributed by atoms with Crippen LogP contribution in [0.3, 0.4) is 0 Å². The second kappa shape index (κ2) is 13.0. The van der Waals surface area contributed by atoms with E-state index in [2.05, 4.69) is 25.9 Å². The first-order valence-corrected chi connectivity index (χ1v) is 12.9. The molecular weight excluding hydrogens is 520 g/mol. The molecule has 0 bridgehead atoms. The van der Waals surface area contributed by atoms with Crippen molar-refractivity contribution in [3.63, 3.8) is 0 Å². The van der Waals surface area contributed by atoms with E-state index in [1.165, 1.54) is 31.6 Å². The van der Waals surface area contributed by atoms with Crippen LogP contribution >= 0.6 is 0 Å². The summed E-state index contributed by atoms with van der Waals surface area (Å²) in [6, 6.07) is 8.09. The third-order valence-corrected chi connectivity index (χ3v) is 6.30. The highest BCUT2D eigenvalue weighted by Crippen LogP contribution is 2.31. The minimum Gasteiger partial charge on any atom is -0.494 e. The first-order valence-electron chi connectivity index (χ1n) is 12.9. The Bertz CT molecular complexity index is 1520. The monoisotopic (exact) mass is 551 g/mol. The molecule has 5 N–H and O–H groups in total. The van der Waals surface area contributed by atoms with E-state index in [1.54, 1.807) is 22.7 Å². The third kappa shape index (κ3) is 6.18. The standard InChI is InChI=1S/C28H31F2N7O3/c1-3-17-15-18(6-7-19(17)28(39)34-12-11-32-23(38)5-4-10-31)36-26-27-35-16-21(37(27)14-13-33-26)20-8-9-22(40-2)25(30)24(20)29/h6-9,13-16H,3-5,10-12,31H2,1-2H3,(H,32,38)(H,33,36)(H,34,39). The van der Waals surface area contributed by atoms with Gasteiger partial charge in [-0.2, -0.15) is 4.39 Å². The maximum atomic E-state index is 14.8. The van der Waals surface area contributed by atoms with E-state index >= 15 is 0 Å². The van der Waals surface area contributed by atoms with Gasteiger partial charge in [0.15, 0.2) is 23.0 Å². The number of aromatic nitrogens is 3. The van der Waals surface area contributed by atoms with E-state index < -0.39 is 11.6 Å². The number of hydrogen-bond donors (Lipinski definition) is 4. The van der Waals surface area contributed by atoms with Crippen LogP contribution in [0, 0.1) is 11.6 Å². The summed E-state index contributed by atoms with van der Waals surface area (Å²) in [5, 5.41) is 8.78. The van der Waals surface area contributed by atoms with Crippen molar-refractivity contribution in [2.24, 2.45) is 5.73 Å². The predicted molar refractivity (Wildman–Crippen MR) is 148 cm³/mol. The van der Waals surface area contributed by atoms with Gasteiger partial charge in [-0.05, 0) is 55.3 Å². The largest absolute Gasteiger partial charge is 0.494 e. The molecule has 2 aromatic carbocycles. The lowest BCUT2D eigenvalue weighted by molar-refractivity contribution is -0.121. The lowest BCUT2D eigenvalue weighted by Gasteiger charge is -2.13. The number of nitrogens with one attached hydrogen (secondary N) is 3. The van der Waals surface area contributed by atoms with Crippen molar-refractivity contribution < 1.29 is 23.1 Å². The predicted octanol–water partition coefficient (Wildman–Crippen LogP) is 3.57. The number of anilines is 2. The van der Waals surface area contributed by atoms with Crippen molar-refractivity contribution in [2.45, 2.75) is 26.2 Å². The van der Waals surface area contributed by atoms with E-state index in [-0.39, 0.29) is 23.1 Å². The summed E-state index contributed by atoms with van der Waals surface area (Å²) in [7, 11) is 1.27. The van der Waals surface area contributed by atoms with Crippen molar-refractivity contribution in [2.75, 3.05) is 32.1 Å². The molecule has 40 heavy (non-hydrogen) atoms. The van der Waals surface area contributed by atoms with Crippen LogP contribution in [0.1, 0.15) is 35.7 Å². The van der Waals surface area contributed by atoms with Crippen molar-refractivity contribution in [1.29, 1.82) is 0 Å². The second-order valence-corrected chi connectivity index (χ2v) is 8.90. The van der Waals surface area contributed by atoms with Crippen LogP contribution in [0.25, 0.3) is 16.9 Å². The minimum absolute atomic E-state index is 0.0294. The van der Waals surface area contributed by atoms with E-state index in [0.717, 1.165) is 5.56 Å². The molecule has 12 heteroatoms. The lowest BCUT2D eigenvalue weighted by Crippen LogP contribution is -2.35. The fraction of sp³-hybridized carbons (Fsp3) is 0.286. The molecule has 0 saturated heterocycles. The van der Waals surface area contributed by atoms with Gasteiger partial charge in [-0.25, -0.2) is 14.4 Å². The molecule has 0 radical (unpaired) electrons. The zero-order valence-electron chi connectivity index (χ0n) is 22.3. The molecule has 4 rings (SSSR count). The SMILES string of the molecule is CCc1cc(Nc2nccn3c(-c4ccc(OC)c(F)c4F)cnc23)ccc1C(=O)NCCNC(=O)CCCN. The summed E-state index contributed by atoms with van der Waals surface area (Å²) < 4.78 is 35.6. The van der Waals surface area contributed by atoms with Gasteiger partial charge in [-0.15, -0.1) is 0 Å². The molecule has 210 valence electrons. The number of methoxy groups -OCH3 is 1. The van der Waals surface area contributed by atoms with Gasteiger partial charge in [0, 0.05) is 48.7 Å². The first kappa shape index (κ1) is 28.4.